The van der Waals surface area contributed by atoms with Gasteiger partial charge in [0, 0.05) is 22.9 Å². The van der Waals surface area contributed by atoms with Crippen molar-refractivity contribution in [1.82, 2.24) is 4.57 Å². The second-order valence-corrected chi connectivity index (χ2v) is 5.27. The Labute approximate surface area is 127 Å². The van der Waals surface area contributed by atoms with Gasteiger partial charge in [0.05, 0.1) is 5.56 Å². The van der Waals surface area contributed by atoms with Crippen LogP contribution in [0.2, 0.25) is 0 Å². The normalized spacial score (nSPS) is 11.5. The minimum atomic E-state index is -4.38. The second kappa shape index (κ2) is 5.93. The number of aryl methyl sites for hydroxylation is 1. The Balaban J connectivity index is 2.16. The molecule has 0 spiro atoms. The zero-order valence-electron chi connectivity index (χ0n) is 11.0. The van der Waals surface area contributed by atoms with Crippen molar-refractivity contribution in [3.63, 3.8) is 0 Å². The summed E-state index contributed by atoms with van der Waals surface area (Å²) in [6, 6.07) is 5.99. The number of carbonyl (C=O) groups is 1. The Bertz CT molecular complexity index is 647. The van der Waals surface area contributed by atoms with Gasteiger partial charge in [-0.3, -0.25) is 4.79 Å². The smallest absolute Gasteiger partial charge is 0.343 e. The molecule has 2 rings (SSSR count). The molecule has 21 heavy (non-hydrogen) atoms. The number of nitrogens with one attached hydrogen (secondary N) is 1. The van der Waals surface area contributed by atoms with Crippen LogP contribution in [0.5, 0.6) is 0 Å². The van der Waals surface area contributed by atoms with Gasteiger partial charge in [0.1, 0.15) is 5.69 Å². The summed E-state index contributed by atoms with van der Waals surface area (Å²) in [4.78, 5) is 12.1. The molecule has 0 aliphatic rings. The lowest BCUT2D eigenvalue weighted by atomic mass is 10.2. The van der Waals surface area contributed by atoms with E-state index in [2.05, 4.69) is 21.2 Å². The molecule has 0 aliphatic heterocycles. The van der Waals surface area contributed by atoms with Crippen LogP contribution < -0.4 is 5.32 Å². The van der Waals surface area contributed by atoms with E-state index in [1.54, 1.807) is 16.8 Å². The number of alkyl halides is 3. The van der Waals surface area contributed by atoms with Gasteiger partial charge in [-0.2, -0.15) is 13.2 Å². The minimum Gasteiger partial charge on any atom is -0.343 e. The molecule has 0 radical (unpaired) electrons. The molecule has 1 aromatic heterocycles. The first-order valence-electron chi connectivity index (χ1n) is 6.15. The first kappa shape index (κ1) is 15.6. The van der Waals surface area contributed by atoms with Gasteiger partial charge in [-0.25, -0.2) is 0 Å². The van der Waals surface area contributed by atoms with Crippen LogP contribution in [-0.4, -0.2) is 10.5 Å². The maximum atomic E-state index is 12.5. The molecular weight excluding hydrogens is 349 g/mol. The lowest BCUT2D eigenvalue weighted by Crippen LogP contribution is -2.16. The summed E-state index contributed by atoms with van der Waals surface area (Å²) in [5, 5.41) is 2.58. The molecule has 7 heteroatoms. The van der Waals surface area contributed by atoms with Crippen LogP contribution in [0.25, 0.3) is 0 Å². The molecule has 0 fully saturated rings. The van der Waals surface area contributed by atoms with Crippen LogP contribution in [0, 0.1) is 0 Å². The van der Waals surface area contributed by atoms with Crippen molar-refractivity contribution in [1.29, 1.82) is 0 Å². The lowest BCUT2D eigenvalue weighted by Gasteiger charge is -2.10. The average Bonchev–Trinajstić information content (AvgIpc) is 2.79. The monoisotopic (exact) mass is 360 g/mol. The molecular formula is C14H12BrF3N2O. The molecule has 112 valence electrons. The summed E-state index contributed by atoms with van der Waals surface area (Å²) < 4.78 is 39.9. The van der Waals surface area contributed by atoms with Crippen molar-refractivity contribution in [3.05, 3.63) is 52.3 Å². The minimum absolute atomic E-state index is 0.313. The van der Waals surface area contributed by atoms with E-state index in [9.17, 15) is 18.0 Å². The number of halogens is 4. The number of benzene rings is 1. The van der Waals surface area contributed by atoms with Crippen LogP contribution in [0.15, 0.2) is 41.0 Å². The number of anilines is 1. The van der Waals surface area contributed by atoms with E-state index in [0.29, 0.717) is 17.9 Å². The van der Waals surface area contributed by atoms with Gasteiger partial charge in [0.25, 0.3) is 5.91 Å². The van der Waals surface area contributed by atoms with Gasteiger partial charge in [0.2, 0.25) is 0 Å². The largest absolute Gasteiger partial charge is 0.416 e. The molecule has 0 unspecified atom stereocenters. The van der Waals surface area contributed by atoms with Crippen LogP contribution in [0.4, 0.5) is 18.9 Å². The highest BCUT2D eigenvalue weighted by Gasteiger charge is 2.30. The number of nitrogens with zero attached hydrogens (tertiary/aromatic N) is 1. The zero-order valence-corrected chi connectivity index (χ0v) is 12.6. The fourth-order valence-corrected chi connectivity index (χ4v) is 2.33. The highest BCUT2D eigenvalue weighted by Crippen LogP contribution is 2.29. The summed E-state index contributed by atoms with van der Waals surface area (Å²) in [5.41, 5.74) is -0.00238. The molecule has 0 atom stereocenters. The molecule has 1 amide bonds. The summed E-state index contributed by atoms with van der Waals surface area (Å²) in [5.74, 6) is -0.373. The lowest BCUT2D eigenvalue weighted by molar-refractivity contribution is -0.137. The van der Waals surface area contributed by atoms with Crippen molar-refractivity contribution in [3.8, 4) is 0 Å². The maximum Gasteiger partial charge on any atom is 0.416 e. The predicted octanol–water partition coefficient (Wildman–Crippen LogP) is 4.54. The van der Waals surface area contributed by atoms with Gasteiger partial charge >= 0.3 is 6.18 Å². The molecule has 1 heterocycles. The second-order valence-electron chi connectivity index (χ2n) is 4.36. The number of aromatic nitrogens is 1. The Morgan fingerprint density at radius 1 is 1.29 bits per heavy atom. The molecule has 3 nitrogen and oxygen atoms in total. The summed E-state index contributed by atoms with van der Waals surface area (Å²) in [6.45, 7) is 2.50. The SMILES string of the molecule is CCn1cc(Br)cc1C(=O)Nc1ccc(C(F)(F)F)cc1. The van der Waals surface area contributed by atoms with Crippen LogP contribution in [-0.2, 0) is 12.7 Å². The number of carbonyl (C=O) groups excluding carboxylic acids is 1. The van der Waals surface area contributed by atoms with Crippen LogP contribution in [0.1, 0.15) is 23.0 Å². The third-order valence-electron chi connectivity index (χ3n) is 2.91. The molecule has 1 aromatic carbocycles. The Morgan fingerprint density at radius 3 is 2.43 bits per heavy atom. The van der Waals surface area contributed by atoms with Gasteiger partial charge in [0.15, 0.2) is 0 Å². The van der Waals surface area contributed by atoms with Crippen LogP contribution >= 0.6 is 15.9 Å². The van der Waals surface area contributed by atoms with Crippen molar-refractivity contribution in [2.75, 3.05) is 5.32 Å². The van der Waals surface area contributed by atoms with Gasteiger partial charge in [-0.05, 0) is 53.2 Å². The third-order valence-corrected chi connectivity index (χ3v) is 3.34. The topological polar surface area (TPSA) is 34.0 Å². The first-order valence-corrected chi connectivity index (χ1v) is 6.95. The standard InChI is InChI=1S/C14H12BrF3N2O/c1-2-20-8-10(15)7-12(20)13(21)19-11-5-3-9(4-6-11)14(16,17)18/h3-8H,2H2,1H3,(H,19,21). The van der Waals surface area contributed by atoms with E-state index in [-0.39, 0.29) is 5.91 Å². The molecule has 0 saturated heterocycles. The predicted molar refractivity (Wildman–Crippen MR) is 77.2 cm³/mol. The van der Waals surface area contributed by atoms with E-state index >= 15 is 0 Å². The van der Waals surface area contributed by atoms with Crippen molar-refractivity contribution >= 4 is 27.5 Å². The summed E-state index contributed by atoms with van der Waals surface area (Å²) in [7, 11) is 0. The van der Waals surface area contributed by atoms with Crippen molar-refractivity contribution < 1.29 is 18.0 Å². The van der Waals surface area contributed by atoms with E-state index in [1.807, 2.05) is 6.92 Å². The van der Waals surface area contributed by atoms with E-state index in [4.69, 9.17) is 0 Å². The summed E-state index contributed by atoms with van der Waals surface area (Å²) >= 11 is 3.28. The molecule has 2 aromatic rings. The van der Waals surface area contributed by atoms with Crippen molar-refractivity contribution in [2.24, 2.45) is 0 Å². The Kier molecular flexibility index (Phi) is 4.41. The number of hydrogen-bond acceptors (Lipinski definition) is 1. The van der Waals surface area contributed by atoms with Crippen LogP contribution in [0.3, 0.4) is 0 Å². The number of amides is 1. The van der Waals surface area contributed by atoms with Gasteiger partial charge in [-0.15, -0.1) is 0 Å². The fourth-order valence-electron chi connectivity index (χ4n) is 1.86. The number of rotatable bonds is 3. The molecule has 1 N–H and O–H groups in total. The molecule has 0 bridgehead atoms. The maximum absolute atomic E-state index is 12.5. The highest BCUT2D eigenvalue weighted by molar-refractivity contribution is 9.10. The van der Waals surface area contributed by atoms with Crippen molar-refractivity contribution in [2.45, 2.75) is 19.6 Å². The molecule has 0 aliphatic carbocycles. The fraction of sp³-hybridized carbons (Fsp3) is 0.214. The zero-order chi connectivity index (χ0) is 15.6. The van der Waals surface area contributed by atoms with E-state index in [1.165, 1.54) is 12.1 Å². The Morgan fingerprint density at radius 2 is 1.90 bits per heavy atom. The molecule has 0 saturated carbocycles. The Hall–Kier alpha value is -1.76. The van der Waals surface area contributed by atoms with E-state index in [0.717, 1.165) is 16.6 Å². The third kappa shape index (κ3) is 3.66. The number of hydrogen-bond donors (Lipinski definition) is 1. The van der Waals surface area contributed by atoms with E-state index < -0.39 is 11.7 Å². The first-order chi connectivity index (χ1) is 9.81. The quantitative estimate of drug-likeness (QED) is 0.856. The van der Waals surface area contributed by atoms with Gasteiger partial charge < -0.3 is 9.88 Å². The van der Waals surface area contributed by atoms with Gasteiger partial charge in [-0.1, -0.05) is 0 Å². The summed E-state index contributed by atoms with van der Waals surface area (Å²) in [6.07, 6.45) is -2.62. The highest BCUT2D eigenvalue weighted by atomic mass is 79.9. The average molecular weight is 361 g/mol.